The first kappa shape index (κ1) is 15.8. The summed E-state index contributed by atoms with van der Waals surface area (Å²) < 4.78 is 10.3. The summed E-state index contributed by atoms with van der Waals surface area (Å²) in [6.45, 7) is 2.20. The lowest BCUT2D eigenvalue weighted by atomic mass is 10.2. The lowest BCUT2D eigenvalue weighted by Gasteiger charge is -2.11. The van der Waals surface area contributed by atoms with E-state index in [-0.39, 0.29) is 24.5 Å². The van der Waals surface area contributed by atoms with E-state index >= 15 is 0 Å². The van der Waals surface area contributed by atoms with Crippen molar-refractivity contribution >= 4 is 11.7 Å². The van der Waals surface area contributed by atoms with Crippen molar-refractivity contribution in [2.75, 3.05) is 20.3 Å². The van der Waals surface area contributed by atoms with Crippen LogP contribution >= 0.6 is 0 Å². The van der Waals surface area contributed by atoms with Gasteiger partial charge in [0.2, 0.25) is 0 Å². The average Bonchev–Trinajstić information content (AvgIpc) is 2.50. The minimum Gasteiger partial charge on any atom is -0.484 e. The third-order valence-corrected chi connectivity index (χ3v) is 2.62. The van der Waals surface area contributed by atoms with Crippen molar-refractivity contribution in [3.05, 3.63) is 29.8 Å². The summed E-state index contributed by atoms with van der Waals surface area (Å²) in [6.07, 6.45) is -0.0426. The number of nitrogens with zero attached hydrogens (tertiary/aromatic N) is 1. The fourth-order valence-electron chi connectivity index (χ4n) is 1.32. The second-order valence-corrected chi connectivity index (χ2v) is 4.15. The predicted octanol–water partition coefficient (Wildman–Crippen LogP) is 0.311. The zero-order valence-corrected chi connectivity index (χ0v) is 11.5. The molecule has 1 amide bonds. The summed E-state index contributed by atoms with van der Waals surface area (Å²) in [5, 5.41) is 14.1. The van der Waals surface area contributed by atoms with Crippen molar-refractivity contribution in [1.82, 2.24) is 5.32 Å². The number of amides is 1. The highest BCUT2D eigenvalue weighted by atomic mass is 16.5. The standard InChI is InChI=1S/C13H19N3O4/c1-9(19-2)7-15-12(17)8-20-11-5-3-10(4-6-11)13(14)16-18/h3-6,9,18H,7-8H2,1-2H3,(H2,14,16)(H,15,17). The van der Waals surface area contributed by atoms with Crippen molar-refractivity contribution in [3.63, 3.8) is 0 Å². The van der Waals surface area contributed by atoms with Crippen LogP contribution in [0.3, 0.4) is 0 Å². The minimum absolute atomic E-state index is 0.0165. The van der Waals surface area contributed by atoms with Crippen molar-refractivity contribution in [3.8, 4) is 5.75 Å². The van der Waals surface area contributed by atoms with Crippen LogP contribution in [0.1, 0.15) is 12.5 Å². The van der Waals surface area contributed by atoms with Crippen LogP contribution in [-0.4, -0.2) is 43.3 Å². The predicted molar refractivity (Wildman–Crippen MR) is 73.9 cm³/mol. The fourth-order valence-corrected chi connectivity index (χ4v) is 1.32. The maximum atomic E-state index is 11.5. The van der Waals surface area contributed by atoms with Crippen LogP contribution in [0.2, 0.25) is 0 Å². The molecular formula is C13H19N3O4. The van der Waals surface area contributed by atoms with Crippen molar-refractivity contribution < 1.29 is 19.5 Å². The molecule has 4 N–H and O–H groups in total. The van der Waals surface area contributed by atoms with Gasteiger partial charge in [-0.15, -0.1) is 0 Å². The number of methoxy groups -OCH3 is 1. The number of ether oxygens (including phenoxy) is 2. The van der Waals surface area contributed by atoms with E-state index in [4.69, 9.17) is 20.4 Å². The molecule has 1 aromatic rings. The number of rotatable bonds is 7. The summed E-state index contributed by atoms with van der Waals surface area (Å²) >= 11 is 0. The second-order valence-electron chi connectivity index (χ2n) is 4.15. The molecule has 0 aromatic heterocycles. The number of nitrogens with two attached hydrogens (primary N) is 1. The lowest BCUT2D eigenvalue weighted by molar-refractivity contribution is -0.123. The smallest absolute Gasteiger partial charge is 0.258 e. The number of benzene rings is 1. The van der Waals surface area contributed by atoms with Gasteiger partial charge in [0.05, 0.1) is 6.10 Å². The molecule has 1 unspecified atom stereocenters. The lowest BCUT2D eigenvalue weighted by Crippen LogP contribution is -2.34. The van der Waals surface area contributed by atoms with E-state index < -0.39 is 0 Å². The first-order valence-electron chi connectivity index (χ1n) is 6.07. The van der Waals surface area contributed by atoms with Gasteiger partial charge in [0, 0.05) is 19.2 Å². The Labute approximate surface area is 117 Å². The molecule has 0 bridgehead atoms. The molecule has 7 nitrogen and oxygen atoms in total. The molecule has 0 spiro atoms. The quantitative estimate of drug-likeness (QED) is 0.289. The molecule has 0 heterocycles. The van der Waals surface area contributed by atoms with Gasteiger partial charge in [0.1, 0.15) is 5.75 Å². The molecule has 1 atom stereocenters. The van der Waals surface area contributed by atoms with E-state index in [9.17, 15) is 4.79 Å². The molecule has 0 saturated heterocycles. The fraction of sp³-hybridized carbons (Fsp3) is 0.385. The van der Waals surface area contributed by atoms with Gasteiger partial charge in [0.25, 0.3) is 5.91 Å². The Morgan fingerprint density at radius 1 is 1.45 bits per heavy atom. The molecular weight excluding hydrogens is 262 g/mol. The highest BCUT2D eigenvalue weighted by molar-refractivity contribution is 5.97. The first-order chi connectivity index (χ1) is 9.56. The van der Waals surface area contributed by atoms with E-state index in [0.29, 0.717) is 17.9 Å². The van der Waals surface area contributed by atoms with Gasteiger partial charge >= 0.3 is 0 Å². The van der Waals surface area contributed by atoms with Crippen molar-refractivity contribution in [2.45, 2.75) is 13.0 Å². The van der Waals surface area contributed by atoms with Gasteiger partial charge < -0.3 is 25.7 Å². The van der Waals surface area contributed by atoms with Crippen LogP contribution in [0.5, 0.6) is 5.75 Å². The molecule has 0 fully saturated rings. The number of hydrogen-bond donors (Lipinski definition) is 3. The summed E-state index contributed by atoms with van der Waals surface area (Å²) in [5.74, 6) is 0.312. The number of carbonyl (C=O) groups is 1. The van der Waals surface area contributed by atoms with Crippen LogP contribution in [0.25, 0.3) is 0 Å². The molecule has 0 aliphatic rings. The number of nitrogens with one attached hydrogen (secondary N) is 1. The van der Waals surface area contributed by atoms with E-state index in [2.05, 4.69) is 10.5 Å². The molecule has 1 rings (SSSR count). The van der Waals surface area contributed by atoms with Gasteiger partial charge in [-0.25, -0.2) is 0 Å². The van der Waals surface area contributed by atoms with Gasteiger partial charge in [-0.05, 0) is 31.2 Å². The van der Waals surface area contributed by atoms with Gasteiger partial charge in [-0.3, -0.25) is 4.79 Å². The number of amidine groups is 1. The molecule has 0 aliphatic heterocycles. The number of carbonyl (C=O) groups excluding carboxylic acids is 1. The van der Waals surface area contributed by atoms with E-state index in [1.807, 2.05) is 6.92 Å². The molecule has 7 heteroatoms. The highest BCUT2D eigenvalue weighted by Crippen LogP contribution is 2.11. The van der Waals surface area contributed by atoms with Crippen molar-refractivity contribution in [1.29, 1.82) is 0 Å². The van der Waals surface area contributed by atoms with E-state index in [0.717, 1.165) is 0 Å². The molecule has 0 aliphatic carbocycles. The Bertz CT molecular complexity index is 459. The molecule has 1 aromatic carbocycles. The zero-order chi connectivity index (χ0) is 15.0. The van der Waals surface area contributed by atoms with Gasteiger partial charge in [-0.1, -0.05) is 5.16 Å². The number of hydrogen-bond acceptors (Lipinski definition) is 5. The average molecular weight is 281 g/mol. The Hall–Kier alpha value is -2.28. The Kier molecular flexibility index (Phi) is 6.31. The van der Waals surface area contributed by atoms with Crippen LogP contribution < -0.4 is 15.8 Å². The van der Waals surface area contributed by atoms with Gasteiger partial charge in [-0.2, -0.15) is 0 Å². The van der Waals surface area contributed by atoms with Gasteiger partial charge in [0.15, 0.2) is 12.4 Å². The summed E-state index contributed by atoms with van der Waals surface area (Å²) in [7, 11) is 1.58. The third-order valence-electron chi connectivity index (χ3n) is 2.62. The maximum Gasteiger partial charge on any atom is 0.258 e. The topological polar surface area (TPSA) is 106 Å². The monoisotopic (exact) mass is 281 g/mol. The summed E-state index contributed by atoms with van der Waals surface area (Å²) in [5.41, 5.74) is 6.00. The highest BCUT2D eigenvalue weighted by Gasteiger charge is 2.06. The second kappa shape index (κ2) is 8.00. The van der Waals surface area contributed by atoms with Crippen LogP contribution in [0.4, 0.5) is 0 Å². The summed E-state index contributed by atoms with van der Waals surface area (Å²) in [4.78, 5) is 11.5. The SMILES string of the molecule is COC(C)CNC(=O)COc1ccc(/C(N)=N/O)cc1. The molecule has 110 valence electrons. The van der Waals surface area contributed by atoms with Crippen LogP contribution in [-0.2, 0) is 9.53 Å². The largest absolute Gasteiger partial charge is 0.484 e. The third kappa shape index (κ3) is 5.15. The Morgan fingerprint density at radius 2 is 2.10 bits per heavy atom. The molecule has 0 saturated carbocycles. The van der Waals surface area contributed by atoms with Crippen molar-refractivity contribution in [2.24, 2.45) is 10.9 Å². The zero-order valence-electron chi connectivity index (χ0n) is 11.5. The Balaban J connectivity index is 2.40. The van der Waals surface area contributed by atoms with Crippen LogP contribution in [0, 0.1) is 0 Å². The van der Waals surface area contributed by atoms with E-state index in [1.165, 1.54) is 0 Å². The first-order valence-corrected chi connectivity index (χ1v) is 6.07. The Morgan fingerprint density at radius 3 is 2.65 bits per heavy atom. The minimum atomic E-state index is -0.227. The number of oxime groups is 1. The molecule has 0 radical (unpaired) electrons. The van der Waals surface area contributed by atoms with E-state index in [1.54, 1.807) is 31.4 Å². The maximum absolute atomic E-state index is 11.5. The summed E-state index contributed by atoms with van der Waals surface area (Å²) in [6, 6.07) is 6.54. The van der Waals surface area contributed by atoms with Crippen LogP contribution in [0.15, 0.2) is 29.4 Å². The normalized spacial score (nSPS) is 12.8. The molecule has 20 heavy (non-hydrogen) atoms.